The van der Waals surface area contributed by atoms with Crippen LogP contribution in [0.3, 0.4) is 0 Å². The number of likely N-dealkylation sites (N-methyl/N-ethyl adjacent to an activating group) is 2. The third kappa shape index (κ3) is 6.40. The lowest BCUT2D eigenvalue weighted by Crippen LogP contribution is -2.48. The fraction of sp³-hybridized carbons (Fsp3) is 0.533. The number of anilines is 1. The lowest BCUT2D eigenvalue weighted by Gasteiger charge is -2.33. The Labute approximate surface area is 162 Å². The molecule has 1 amide bonds. The number of benzene rings is 1. The van der Waals surface area contributed by atoms with Crippen LogP contribution in [0, 0.1) is 0 Å². The summed E-state index contributed by atoms with van der Waals surface area (Å²) in [5.74, 6) is -0.210. The van der Waals surface area contributed by atoms with Gasteiger partial charge in [-0.15, -0.1) is 24.8 Å². The van der Waals surface area contributed by atoms with Gasteiger partial charge in [-0.05, 0) is 31.8 Å². The minimum atomic E-state index is -3.52. The first-order chi connectivity index (χ1) is 11.0. The number of hydrogen-bond donors (Lipinski definition) is 2. The minimum absolute atomic E-state index is 0. The van der Waals surface area contributed by atoms with Gasteiger partial charge in [-0.2, -0.15) is 4.31 Å². The molecule has 7 nitrogen and oxygen atoms in total. The molecule has 1 fully saturated rings. The molecule has 25 heavy (non-hydrogen) atoms. The van der Waals surface area contributed by atoms with E-state index in [1.165, 1.54) is 10.4 Å². The molecule has 1 heterocycles. The van der Waals surface area contributed by atoms with Gasteiger partial charge in [0.15, 0.2) is 0 Å². The normalized spacial score (nSPS) is 15.8. The van der Waals surface area contributed by atoms with Crippen molar-refractivity contribution in [3.63, 3.8) is 0 Å². The second kappa shape index (κ2) is 10.9. The van der Waals surface area contributed by atoms with Gasteiger partial charge in [0.25, 0.3) is 0 Å². The van der Waals surface area contributed by atoms with E-state index in [9.17, 15) is 13.2 Å². The number of sulfonamides is 1. The monoisotopic (exact) mass is 412 g/mol. The molecule has 0 saturated carbocycles. The van der Waals surface area contributed by atoms with E-state index in [4.69, 9.17) is 0 Å². The van der Waals surface area contributed by atoms with Gasteiger partial charge >= 0.3 is 0 Å². The summed E-state index contributed by atoms with van der Waals surface area (Å²) < 4.78 is 27.0. The quantitative estimate of drug-likeness (QED) is 0.728. The van der Waals surface area contributed by atoms with Crippen LogP contribution >= 0.6 is 24.8 Å². The molecule has 10 heteroatoms. The number of carbonyl (C=O) groups excluding carboxylic acids is 1. The number of nitrogens with one attached hydrogen (secondary N) is 2. The van der Waals surface area contributed by atoms with Gasteiger partial charge in [0, 0.05) is 31.9 Å². The smallest absolute Gasteiger partial charge is 0.243 e. The SMILES string of the molecule is CCN1CCN(S(=O)(=O)c2cccc(NC(=O)CNC)c2)CC1.Cl.Cl. The van der Waals surface area contributed by atoms with Crippen molar-refractivity contribution in [3.05, 3.63) is 24.3 Å². The number of carbonyl (C=O) groups is 1. The molecule has 2 rings (SSSR count). The number of hydrogen-bond acceptors (Lipinski definition) is 5. The highest BCUT2D eigenvalue weighted by molar-refractivity contribution is 7.89. The van der Waals surface area contributed by atoms with Crippen LogP contribution in [-0.2, 0) is 14.8 Å². The zero-order chi connectivity index (χ0) is 16.9. The molecule has 1 aliphatic heterocycles. The fourth-order valence-electron chi connectivity index (χ4n) is 2.54. The van der Waals surface area contributed by atoms with Gasteiger partial charge in [-0.25, -0.2) is 8.42 Å². The van der Waals surface area contributed by atoms with Gasteiger partial charge in [0.2, 0.25) is 15.9 Å². The zero-order valence-electron chi connectivity index (χ0n) is 14.4. The summed E-state index contributed by atoms with van der Waals surface area (Å²) in [5.41, 5.74) is 0.485. The number of nitrogens with zero attached hydrogens (tertiary/aromatic N) is 2. The number of halogens is 2. The first kappa shape index (κ1) is 24.1. The third-order valence-corrected chi connectivity index (χ3v) is 5.77. The highest BCUT2D eigenvalue weighted by Gasteiger charge is 2.28. The van der Waals surface area contributed by atoms with Crippen LogP contribution in [0.1, 0.15) is 6.92 Å². The molecule has 0 atom stereocenters. The Morgan fingerprint density at radius 3 is 2.36 bits per heavy atom. The maximum atomic E-state index is 12.7. The van der Waals surface area contributed by atoms with E-state index in [0.29, 0.717) is 18.8 Å². The molecular formula is C15H26Cl2N4O3S. The highest BCUT2D eigenvalue weighted by atomic mass is 35.5. The van der Waals surface area contributed by atoms with Crippen molar-refractivity contribution in [2.45, 2.75) is 11.8 Å². The van der Waals surface area contributed by atoms with Gasteiger partial charge in [-0.3, -0.25) is 4.79 Å². The van der Waals surface area contributed by atoms with Crippen LogP contribution in [0.4, 0.5) is 5.69 Å². The van der Waals surface area contributed by atoms with Crippen molar-refractivity contribution in [1.29, 1.82) is 0 Å². The Bertz CT molecular complexity index is 650. The second-order valence-electron chi connectivity index (χ2n) is 5.44. The Balaban J connectivity index is 0.00000288. The topological polar surface area (TPSA) is 81.8 Å². The van der Waals surface area contributed by atoms with Crippen molar-refractivity contribution in [2.75, 3.05) is 51.6 Å². The Hall–Kier alpha value is -0.900. The van der Waals surface area contributed by atoms with E-state index in [0.717, 1.165) is 19.6 Å². The number of amides is 1. The van der Waals surface area contributed by atoms with Crippen LogP contribution in [0.5, 0.6) is 0 Å². The van der Waals surface area contributed by atoms with Crippen LogP contribution in [0.15, 0.2) is 29.2 Å². The lowest BCUT2D eigenvalue weighted by molar-refractivity contribution is -0.115. The van der Waals surface area contributed by atoms with Gasteiger partial charge < -0.3 is 15.5 Å². The minimum Gasteiger partial charge on any atom is -0.325 e. The molecule has 0 aromatic heterocycles. The summed E-state index contributed by atoms with van der Waals surface area (Å²) in [5, 5.41) is 5.43. The predicted octanol–water partition coefficient (Wildman–Crippen LogP) is 1.01. The van der Waals surface area contributed by atoms with E-state index in [-0.39, 0.29) is 42.2 Å². The summed E-state index contributed by atoms with van der Waals surface area (Å²) in [6.07, 6.45) is 0. The molecule has 0 unspecified atom stereocenters. The fourth-order valence-corrected chi connectivity index (χ4v) is 4.00. The van der Waals surface area contributed by atoms with Crippen LogP contribution in [-0.4, -0.2) is 69.8 Å². The summed E-state index contributed by atoms with van der Waals surface area (Å²) in [4.78, 5) is 14.0. The largest absolute Gasteiger partial charge is 0.325 e. The third-order valence-electron chi connectivity index (χ3n) is 3.87. The van der Waals surface area contributed by atoms with Crippen LogP contribution in [0.2, 0.25) is 0 Å². The van der Waals surface area contributed by atoms with Crippen molar-refractivity contribution >= 4 is 46.4 Å². The zero-order valence-corrected chi connectivity index (χ0v) is 16.8. The molecule has 0 bridgehead atoms. The number of piperazine rings is 1. The number of rotatable bonds is 6. The van der Waals surface area contributed by atoms with Crippen molar-refractivity contribution in [2.24, 2.45) is 0 Å². The van der Waals surface area contributed by atoms with E-state index in [1.807, 2.05) is 0 Å². The Morgan fingerprint density at radius 2 is 1.80 bits per heavy atom. The maximum Gasteiger partial charge on any atom is 0.243 e. The standard InChI is InChI=1S/C15H24N4O3S.2ClH/c1-3-18-7-9-19(10-8-18)23(21,22)14-6-4-5-13(11-14)17-15(20)12-16-2;;/h4-6,11,16H,3,7-10,12H2,1-2H3,(H,17,20);2*1H. The first-order valence-electron chi connectivity index (χ1n) is 7.74. The molecule has 0 aliphatic carbocycles. The van der Waals surface area contributed by atoms with Crippen LogP contribution < -0.4 is 10.6 Å². The average Bonchev–Trinajstić information content (AvgIpc) is 2.55. The molecule has 1 aromatic carbocycles. The Morgan fingerprint density at radius 1 is 1.16 bits per heavy atom. The molecular weight excluding hydrogens is 387 g/mol. The van der Waals surface area contributed by atoms with Gasteiger partial charge in [0.1, 0.15) is 0 Å². The van der Waals surface area contributed by atoms with Gasteiger partial charge in [0.05, 0.1) is 11.4 Å². The molecule has 1 aromatic rings. The van der Waals surface area contributed by atoms with E-state index in [1.54, 1.807) is 25.2 Å². The van der Waals surface area contributed by atoms with E-state index < -0.39 is 10.0 Å². The summed E-state index contributed by atoms with van der Waals surface area (Å²) >= 11 is 0. The molecule has 1 aliphatic rings. The van der Waals surface area contributed by atoms with Crippen LogP contribution in [0.25, 0.3) is 0 Å². The average molecular weight is 413 g/mol. The van der Waals surface area contributed by atoms with Crippen molar-refractivity contribution < 1.29 is 13.2 Å². The van der Waals surface area contributed by atoms with Crippen molar-refractivity contribution in [3.8, 4) is 0 Å². The lowest BCUT2D eigenvalue weighted by atomic mass is 10.3. The summed E-state index contributed by atoms with van der Waals surface area (Å²) in [7, 11) is -1.85. The highest BCUT2D eigenvalue weighted by Crippen LogP contribution is 2.20. The second-order valence-corrected chi connectivity index (χ2v) is 7.38. The predicted molar refractivity (Wildman–Crippen MR) is 104 cm³/mol. The molecule has 0 spiro atoms. The van der Waals surface area contributed by atoms with E-state index in [2.05, 4.69) is 22.5 Å². The summed E-state index contributed by atoms with van der Waals surface area (Å²) in [6.45, 7) is 5.65. The van der Waals surface area contributed by atoms with Crippen molar-refractivity contribution in [1.82, 2.24) is 14.5 Å². The molecule has 1 saturated heterocycles. The first-order valence-corrected chi connectivity index (χ1v) is 9.18. The Kier molecular flexibility index (Phi) is 10.6. The molecule has 144 valence electrons. The van der Waals surface area contributed by atoms with Gasteiger partial charge in [-0.1, -0.05) is 13.0 Å². The molecule has 2 N–H and O–H groups in total. The summed E-state index contributed by atoms with van der Waals surface area (Å²) in [6, 6.07) is 6.40. The molecule has 0 radical (unpaired) electrons. The maximum absolute atomic E-state index is 12.7. The van der Waals surface area contributed by atoms with E-state index >= 15 is 0 Å².